The first-order valence-corrected chi connectivity index (χ1v) is 7.67. The summed E-state index contributed by atoms with van der Waals surface area (Å²) in [5, 5.41) is 9.66. The van der Waals surface area contributed by atoms with Gasteiger partial charge in [-0.05, 0) is 40.8 Å². The van der Waals surface area contributed by atoms with Gasteiger partial charge in [-0.3, -0.25) is 4.90 Å². The van der Waals surface area contributed by atoms with Crippen LogP contribution in [0.15, 0.2) is 18.2 Å². The highest BCUT2D eigenvalue weighted by Gasteiger charge is 2.20. The van der Waals surface area contributed by atoms with Gasteiger partial charge in [0, 0.05) is 24.7 Å². The van der Waals surface area contributed by atoms with E-state index < -0.39 is 0 Å². The molecule has 0 saturated carbocycles. The van der Waals surface area contributed by atoms with Crippen molar-refractivity contribution in [1.82, 2.24) is 4.90 Å². The van der Waals surface area contributed by atoms with E-state index in [9.17, 15) is 0 Å². The van der Waals surface area contributed by atoms with Crippen LogP contribution in [0.3, 0.4) is 0 Å². The zero-order valence-corrected chi connectivity index (χ0v) is 13.4. The SMILES string of the molecule is OCCN1CCO[C@H](COc2ccc(Cl)cc2I)C1. The number of β-amino-alcohol motifs (C(OH)–C–C–N with tert-alkyl or cyclic N) is 1. The van der Waals surface area contributed by atoms with Crippen molar-refractivity contribution >= 4 is 34.2 Å². The van der Waals surface area contributed by atoms with E-state index in [1.807, 2.05) is 18.2 Å². The molecule has 4 nitrogen and oxygen atoms in total. The molecule has 0 radical (unpaired) electrons. The Morgan fingerprint density at radius 1 is 1.53 bits per heavy atom. The third-order valence-corrected chi connectivity index (χ3v) is 4.04. The highest BCUT2D eigenvalue weighted by molar-refractivity contribution is 14.1. The predicted octanol–water partition coefficient (Wildman–Crippen LogP) is 2.02. The summed E-state index contributed by atoms with van der Waals surface area (Å²) in [6, 6.07) is 5.56. The van der Waals surface area contributed by atoms with Gasteiger partial charge < -0.3 is 14.6 Å². The topological polar surface area (TPSA) is 41.9 Å². The molecular formula is C13H17ClINO3. The van der Waals surface area contributed by atoms with Gasteiger partial charge in [-0.1, -0.05) is 11.6 Å². The zero-order valence-electron chi connectivity index (χ0n) is 10.5. The zero-order chi connectivity index (χ0) is 13.7. The molecule has 1 fully saturated rings. The molecule has 1 heterocycles. The van der Waals surface area contributed by atoms with Gasteiger partial charge in [-0.2, -0.15) is 0 Å². The van der Waals surface area contributed by atoms with E-state index >= 15 is 0 Å². The van der Waals surface area contributed by atoms with Gasteiger partial charge in [0.15, 0.2) is 0 Å². The molecule has 19 heavy (non-hydrogen) atoms. The Morgan fingerprint density at radius 3 is 3.11 bits per heavy atom. The van der Waals surface area contributed by atoms with Crippen LogP contribution in [0, 0.1) is 3.57 Å². The Kier molecular flexibility index (Phi) is 6.15. The summed E-state index contributed by atoms with van der Waals surface area (Å²) in [7, 11) is 0. The second-order valence-corrected chi connectivity index (χ2v) is 6.00. The standard InChI is InChI=1S/C13H17ClINO3/c14-10-1-2-13(12(15)7-10)19-9-11-8-16(3-5-17)4-6-18-11/h1-2,7,11,17H,3-6,8-9H2/t11-/m0/s1. The minimum absolute atomic E-state index is 0.0479. The number of rotatable bonds is 5. The lowest BCUT2D eigenvalue weighted by Crippen LogP contribution is -2.45. The van der Waals surface area contributed by atoms with E-state index in [0.717, 1.165) is 22.4 Å². The van der Waals surface area contributed by atoms with Gasteiger partial charge in [0.1, 0.15) is 18.5 Å². The minimum Gasteiger partial charge on any atom is -0.490 e. The lowest BCUT2D eigenvalue weighted by atomic mass is 10.3. The molecule has 6 heteroatoms. The van der Waals surface area contributed by atoms with Crippen LogP contribution >= 0.6 is 34.2 Å². The molecule has 1 aromatic carbocycles. The Hall–Kier alpha value is -0.0800. The average Bonchev–Trinajstić information content (AvgIpc) is 2.38. The third kappa shape index (κ3) is 4.75. The van der Waals surface area contributed by atoms with E-state index in [4.69, 9.17) is 26.2 Å². The van der Waals surface area contributed by atoms with E-state index in [1.165, 1.54) is 0 Å². The predicted molar refractivity (Wildman–Crippen MR) is 82.9 cm³/mol. The van der Waals surface area contributed by atoms with Gasteiger partial charge >= 0.3 is 0 Å². The second-order valence-electron chi connectivity index (χ2n) is 4.40. The molecule has 0 aromatic heterocycles. The third-order valence-electron chi connectivity index (χ3n) is 2.96. The number of aliphatic hydroxyl groups is 1. The van der Waals surface area contributed by atoms with Gasteiger partial charge in [0.05, 0.1) is 16.8 Å². The van der Waals surface area contributed by atoms with Crippen molar-refractivity contribution in [3.05, 3.63) is 26.8 Å². The summed E-state index contributed by atoms with van der Waals surface area (Å²) in [6.45, 7) is 3.74. The van der Waals surface area contributed by atoms with Crippen molar-refractivity contribution in [1.29, 1.82) is 0 Å². The van der Waals surface area contributed by atoms with Crippen molar-refractivity contribution in [2.75, 3.05) is 39.5 Å². The quantitative estimate of drug-likeness (QED) is 0.772. The molecule has 0 bridgehead atoms. The fourth-order valence-electron chi connectivity index (χ4n) is 2.00. The van der Waals surface area contributed by atoms with Crippen molar-refractivity contribution in [2.45, 2.75) is 6.10 Å². The maximum atomic E-state index is 8.95. The number of nitrogens with zero attached hydrogens (tertiary/aromatic N) is 1. The van der Waals surface area contributed by atoms with Crippen LogP contribution in [0.4, 0.5) is 0 Å². The number of hydrogen-bond donors (Lipinski definition) is 1. The van der Waals surface area contributed by atoms with Crippen LogP contribution in [-0.4, -0.2) is 55.6 Å². The molecule has 1 N–H and O–H groups in total. The molecule has 1 saturated heterocycles. The molecule has 1 aliphatic heterocycles. The van der Waals surface area contributed by atoms with Crippen molar-refractivity contribution in [3.8, 4) is 5.75 Å². The van der Waals surface area contributed by atoms with Crippen LogP contribution in [0.1, 0.15) is 0 Å². The van der Waals surface area contributed by atoms with Gasteiger partial charge in [-0.15, -0.1) is 0 Å². The van der Waals surface area contributed by atoms with Crippen molar-refractivity contribution < 1.29 is 14.6 Å². The smallest absolute Gasteiger partial charge is 0.132 e. The lowest BCUT2D eigenvalue weighted by molar-refractivity contribution is -0.0509. The van der Waals surface area contributed by atoms with Gasteiger partial charge in [-0.25, -0.2) is 0 Å². The average molecular weight is 398 g/mol. The van der Waals surface area contributed by atoms with Crippen LogP contribution in [0.5, 0.6) is 5.75 Å². The van der Waals surface area contributed by atoms with Gasteiger partial charge in [0.25, 0.3) is 0 Å². The molecular weight excluding hydrogens is 381 g/mol. The maximum Gasteiger partial charge on any atom is 0.132 e. The van der Waals surface area contributed by atoms with Crippen LogP contribution in [0.25, 0.3) is 0 Å². The van der Waals surface area contributed by atoms with Crippen molar-refractivity contribution in [2.24, 2.45) is 0 Å². The monoisotopic (exact) mass is 397 g/mol. The summed E-state index contributed by atoms with van der Waals surface area (Å²) < 4.78 is 12.4. The number of ether oxygens (including phenoxy) is 2. The normalized spacial score (nSPS) is 20.5. The molecule has 0 unspecified atom stereocenters. The molecule has 0 spiro atoms. The Labute approximate surface area is 131 Å². The number of aliphatic hydroxyl groups excluding tert-OH is 1. The van der Waals surface area contributed by atoms with E-state index in [0.29, 0.717) is 24.8 Å². The summed E-state index contributed by atoms with van der Waals surface area (Å²) in [5.74, 6) is 0.827. The molecule has 1 atom stereocenters. The molecule has 2 rings (SSSR count). The fraction of sp³-hybridized carbons (Fsp3) is 0.538. The first-order chi connectivity index (χ1) is 9.19. The van der Waals surface area contributed by atoms with Crippen LogP contribution in [0.2, 0.25) is 5.02 Å². The second kappa shape index (κ2) is 7.64. The molecule has 1 aliphatic rings. The Balaban J connectivity index is 1.84. The molecule has 0 aliphatic carbocycles. The fourth-order valence-corrected chi connectivity index (χ4v) is 3.03. The number of hydrogen-bond acceptors (Lipinski definition) is 4. The highest BCUT2D eigenvalue weighted by Crippen LogP contribution is 2.24. The number of morpholine rings is 1. The molecule has 1 aromatic rings. The summed E-state index contributed by atoms with van der Waals surface area (Å²) >= 11 is 8.11. The molecule has 0 amide bonds. The minimum atomic E-state index is 0.0479. The largest absolute Gasteiger partial charge is 0.490 e. The van der Waals surface area contributed by atoms with Crippen LogP contribution < -0.4 is 4.74 Å². The first kappa shape index (κ1) is 15.3. The number of halogens is 2. The Bertz CT molecular complexity index is 417. The summed E-state index contributed by atoms with van der Waals surface area (Å²) in [4.78, 5) is 2.18. The number of benzene rings is 1. The van der Waals surface area contributed by atoms with E-state index in [2.05, 4.69) is 27.5 Å². The highest BCUT2D eigenvalue weighted by atomic mass is 127. The summed E-state index contributed by atoms with van der Waals surface area (Å²) in [5.41, 5.74) is 0. The maximum absolute atomic E-state index is 8.95. The molecule has 106 valence electrons. The van der Waals surface area contributed by atoms with E-state index in [-0.39, 0.29) is 12.7 Å². The van der Waals surface area contributed by atoms with Crippen molar-refractivity contribution in [3.63, 3.8) is 0 Å². The first-order valence-electron chi connectivity index (χ1n) is 6.21. The Morgan fingerprint density at radius 2 is 2.37 bits per heavy atom. The van der Waals surface area contributed by atoms with Crippen LogP contribution in [-0.2, 0) is 4.74 Å². The summed E-state index contributed by atoms with van der Waals surface area (Å²) in [6.07, 6.45) is 0.0479. The van der Waals surface area contributed by atoms with E-state index in [1.54, 1.807) is 0 Å². The van der Waals surface area contributed by atoms with Gasteiger partial charge in [0.2, 0.25) is 0 Å². The lowest BCUT2D eigenvalue weighted by Gasteiger charge is -2.32.